The van der Waals surface area contributed by atoms with E-state index in [-0.39, 0.29) is 12.6 Å². The van der Waals surface area contributed by atoms with Crippen molar-refractivity contribution in [1.82, 2.24) is 14.9 Å². The van der Waals surface area contributed by atoms with E-state index in [1.54, 1.807) is 0 Å². The third-order valence-electron chi connectivity index (χ3n) is 4.10. The molecule has 1 atom stereocenters. The van der Waals surface area contributed by atoms with Crippen molar-refractivity contribution in [3.63, 3.8) is 0 Å². The van der Waals surface area contributed by atoms with E-state index in [1.807, 2.05) is 6.33 Å². The van der Waals surface area contributed by atoms with Gasteiger partial charge in [-0.2, -0.15) is 0 Å². The number of hydrogen-bond acceptors (Lipinski definition) is 3. The average Bonchev–Trinajstić information content (AvgIpc) is 3.13. The number of aliphatic hydroxyl groups excluding tert-OH is 1. The molecule has 100 valence electrons. The van der Waals surface area contributed by atoms with Gasteiger partial charge in [0, 0.05) is 24.3 Å². The molecule has 4 nitrogen and oxygen atoms in total. The first-order valence-corrected chi connectivity index (χ1v) is 7.26. The Balaban J connectivity index is 1.56. The molecule has 2 N–H and O–H groups in total. The Hall–Kier alpha value is -0.870. The lowest BCUT2D eigenvalue weighted by Gasteiger charge is -2.18. The van der Waals surface area contributed by atoms with Gasteiger partial charge in [-0.05, 0) is 44.9 Å². The monoisotopic (exact) mass is 249 g/mol. The third kappa shape index (κ3) is 2.75. The second-order valence-electron chi connectivity index (χ2n) is 5.65. The molecule has 0 bridgehead atoms. The predicted molar refractivity (Wildman–Crippen MR) is 70.5 cm³/mol. The van der Waals surface area contributed by atoms with Gasteiger partial charge < -0.3 is 15.0 Å². The average molecular weight is 249 g/mol. The molecule has 0 amide bonds. The molecule has 1 aromatic heterocycles. The third-order valence-corrected chi connectivity index (χ3v) is 4.10. The smallest absolute Gasteiger partial charge is 0.0951 e. The van der Waals surface area contributed by atoms with E-state index < -0.39 is 0 Å². The van der Waals surface area contributed by atoms with Crippen LogP contribution in [0.5, 0.6) is 0 Å². The summed E-state index contributed by atoms with van der Waals surface area (Å²) in [5.74, 6) is 0. The van der Waals surface area contributed by atoms with Crippen molar-refractivity contribution < 1.29 is 5.11 Å². The van der Waals surface area contributed by atoms with Crippen molar-refractivity contribution in [3.05, 3.63) is 17.7 Å². The van der Waals surface area contributed by atoms with Crippen LogP contribution in [0, 0.1) is 0 Å². The van der Waals surface area contributed by atoms with Crippen LogP contribution in [-0.4, -0.2) is 33.3 Å². The second-order valence-corrected chi connectivity index (χ2v) is 5.65. The fourth-order valence-electron chi connectivity index (χ4n) is 2.83. The number of rotatable bonds is 6. The van der Waals surface area contributed by atoms with Crippen LogP contribution in [-0.2, 0) is 19.4 Å². The molecule has 2 aliphatic rings. The maximum atomic E-state index is 9.38. The molecule has 3 rings (SSSR count). The Morgan fingerprint density at radius 2 is 2.22 bits per heavy atom. The largest absolute Gasteiger partial charge is 0.395 e. The number of aromatic nitrogens is 2. The van der Waals surface area contributed by atoms with Crippen molar-refractivity contribution in [2.24, 2.45) is 0 Å². The normalized spacial score (nSPS) is 20.7. The molecular formula is C14H23N3O. The number of fused-ring (bicyclic) bond motifs is 1. The molecule has 18 heavy (non-hydrogen) atoms. The molecule has 0 spiro atoms. The summed E-state index contributed by atoms with van der Waals surface area (Å²) in [4.78, 5) is 4.51. The zero-order valence-corrected chi connectivity index (χ0v) is 10.9. The molecule has 0 saturated heterocycles. The van der Waals surface area contributed by atoms with E-state index in [1.165, 1.54) is 43.5 Å². The lowest BCUT2D eigenvalue weighted by atomic mass is 10.0. The summed E-state index contributed by atoms with van der Waals surface area (Å²) in [5.41, 5.74) is 2.74. The number of aryl methyl sites for hydroxylation is 2. The fraction of sp³-hybridized carbons (Fsp3) is 0.786. The Labute approximate surface area is 108 Å². The predicted octanol–water partition coefficient (Wildman–Crippen LogP) is 1.26. The van der Waals surface area contributed by atoms with Crippen LogP contribution in [0.2, 0.25) is 0 Å². The molecule has 1 saturated carbocycles. The maximum Gasteiger partial charge on any atom is 0.0951 e. The van der Waals surface area contributed by atoms with Crippen LogP contribution in [0.3, 0.4) is 0 Å². The lowest BCUT2D eigenvalue weighted by molar-refractivity contribution is 0.229. The zero-order chi connectivity index (χ0) is 12.4. The number of nitrogens with zero attached hydrogens (tertiary/aromatic N) is 2. The van der Waals surface area contributed by atoms with Gasteiger partial charge in [0.25, 0.3) is 0 Å². The van der Waals surface area contributed by atoms with Crippen LogP contribution in [0.1, 0.15) is 43.5 Å². The summed E-state index contributed by atoms with van der Waals surface area (Å²) in [6.07, 6.45) is 10.4. The maximum absolute atomic E-state index is 9.38. The first kappa shape index (κ1) is 12.2. The van der Waals surface area contributed by atoms with Crippen molar-refractivity contribution in [3.8, 4) is 0 Å². The van der Waals surface area contributed by atoms with Crippen LogP contribution in [0.25, 0.3) is 0 Å². The van der Waals surface area contributed by atoms with E-state index in [0.717, 1.165) is 19.4 Å². The van der Waals surface area contributed by atoms with Crippen LogP contribution >= 0.6 is 0 Å². The molecular weight excluding hydrogens is 226 g/mol. The van der Waals surface area contributed by atoms with Crippen LogP contribution in [0.15, 0.2) is 6.33 Å². The molecule has 0 radical (unpaired) electrons. The van der Waals surface area contributed by atoms with Crippen molar-refractivity contribution in [2.45, 2.75) is 63.6 Å². The zero-order valence-electron chi connectivity index (χ0n) is 10.9. The molecule has 2 aliphatic carbocycles. The molecule has 1 heterocycles. The minimum atomic E-state index is 0.243. The minimum absolute atomic E-state index is 0.243. The summed E-state index contributed by atoms with van der Waals surface area (Å²) in [5, 5.41) is 12.9. The molecule has 1 unspecified atom stereocenters. The highest BCUT2D eigenvalue weighted by Crippen LogP contribution is 2.22. The second kappa shape index (κ2) is 5.41. The lowest BCUT2D eigenvalue weighted by Crippen LogP contribution is -2.35. The number of nitrogens with one attached hydrogen (secondary N) is 1. The van der Waals surface area contributed by atoms with Crippen LogP contribution < -0.4 is 5.32 Å². The minimum Gasteiger partial charge on any atom is -0.395 e. The molecule has 1 aromatic rings. The number of aliphatic hydroxyl groups is 1. The first-order chi connectivity index (χ1) is 8.86. The molecule has 1 fully saturated rings. The van der Waals surface area contributed by atoms with Gasteiger partial charge in [0.2, 0.25) is 0 Å². The van der Waals surface area contributed by atoms with Crippen molar-refractivity contribution in [1.29, 1.82) is 0 Å². The summed E-state index contributed by atoms with van der Waals surface area (Å²) >= 11 is 0. The first-order valence-electron chi connectivity index (χ1n) is 7.26. The molecule has 4 heteroatoms. The van der Waals surface area contributed by atoms with Crippen molar-refractivity contribution in [2.75, 3.05) is 6.61 Å². The highest BCUT2D eigenvalue weighted by Gasteiger charge is 2.24. The molecule has 0 aliphatic heterocycles. The van der Waals surface area contributed by atoms with Crippen LogP contribution in [0.4, 0.5) is 0 Å². The number of hydrogen-bond donors (Lipinski definition) is 2. The van der Waals surface area contributed by atoms with E-state index >= 15 is 0 Å². The van der Waals surface area contributed by atoms with Gasteiger partial charge in [0.15, 0.2) is 0 Å². The summed E-state index contributed by atoms with van der Waals surface area (Å²) < 4.78 is 2.30. The summed E-state index contributed by atoms with van der Waals surface area (Å²) in [7, 11) is 0. The van der Waals surface area contributed by atoms with Gasteiger partial charge in [-0.25, -0.2) is 4.98 Å². The van der Waals surface area contributed by atoms with Gasteiger partial charge in [0.05, 0.1) is 18.6 Å². The summed E-state index contributed by atoms with van der Waals surface area (Å²) in [6.45, 7) is 1.22. The fourth-order valence-corrected chi connectivity index (χ4v) is 2.83. The van der Waals surface area contributed by atoms with E-state index in [2.05, 4.69) is 14.9 Å². The van der Waals surface area contributed by atoms with Gasteiger partial charge in [-0.1, -0.05) is 0 Å². The Kier molecular flexibility index (Phi) is 3.66. The van der Waals surface area contributed by atoms with Gasteiger partial charge in [-0.3, -0.25) is 0 Å². The highest BCUT2D eigenvalue weighted by molar-refractivity contribution is 5.16. The Morgan fingerprint density at radius 1 is 1.39 bits per heavy atom. The quantitative estimate of drug-likeness (QED) is 0.798. The van der Waals surface area contributed by atoms with Crippen molar-refractivity contribution >= 4 is 0 Å². The standard InChI is InChI=1S/C14H23N3O/c18-9-12(16-11-5-6-11)7-8-17-10-15-13-3-1-2-4-14(13)17/h10-12,16,18H,1-9H2. The van der Waals surface area contributed by atoms with Gasteiger partial charge in [0.1, 0.15) is 0 Å². The van der Waals surface area contributed by atoms with E-state index in [4.69, 9.17) is 0 Å². The molecule has 0 aromatic carbocycles. The van der Waals surface area contributed by atoms with Gasteiger partial charge >= 0.3 is 0 Å². The Morgan fingerprint density at radius 3 is 3.00 bits per heavy atom. The van der Waals surface area contributed by atoms with E-state index in [9.17, 15) is 5.11 Å². The number of imidazole rings is 1. The van der Waals surface area contributed by atoms with Gasteiger partial charge in [-0.15, -0.1) is 0 Å². The SMILES string of the molecule is OCC(CCn1cnc2c1CCCC2)NC1CC1. The Bertz CT molecular complexity index is 398. The van der Waals surface area contributed by atoms with E-state index in [0.29, 0.717) is 6.04 Å². The highest BCUT2D eigenvalue weighted by atomic mass is 16.3. The summed E-state index contributed by atoms with van der Waals surface area (Å²) in [6, 6.07) is 0.915. The topological polar surface area (TPSA) is 50.1 Å².